The number of rotatable bonds is 4. The highest BCUT2D eigenvalue weighted by molar-refractivity contribution is 8.00. The molecule has 0 saturated carbocycles. The van der Waals surface area contributed by atoms with E-state index in [1.807, 2.05) is 49.6 Å². The third-order valence-electron chi connectivity index (χ3n) is 5.75. The zero-order valence-electron chi connectivity index (χ0n) is 17.1. The second kappa shape index (κ2) is 7.86. The van der Waals surface area contributed by atoms with Gasteiger partial charge in [-0.05, 0) is 75.7 Å². The maximum atomic E-state index is 13.0. The molecule has 2 aliphatic rings. The van der Waals surface area contributed by atoms with Crippen LogP contribution >= 0.6 is 23.4 Å². The predicted molar refractivity (Wildman–Crippen MR) is 120 cm³/mol. The third kappa shape index (κ3) is 3.88. The van der Waals surface area contributed by atoms with Gasteiger partial charge >= 0.3 is 0 Å². The van der Waals surface area contributed by atoms with Gasteiger partial charge in [0.1, 0.15) is 12.4 Å². The molecule has 1 N–H and O–H groups in total. The Kier molecular flexibility index (Phi) is 5.58. The van der Waals surface area contributed by atoms with Gasteiger partial charge in [0.05, 0.1) is 15.8 Å². The molecule has 1 fully saturated rings. The number of hydrogen-bond acceptors (Lipinski definition) is 4. The lowest BCUT2D eigenvalue weighted by atomic mass is 9.93. The van der Waals surface area contributed by atoms with E-state index < -0.39 is 5.41 Å². The van der Waals surface area contributed by atoms with Crippen LogP contribution in [0.3, 0.4) is 0 Å². The van der Waals surface area contributed by atoms with Crippen LogP contribution in [0.4, 0.5) is 5.69 Å². The predicted octanol–water partition coefficient (Wildman–Crippen LogP) is 5.09. The molecular weight excluding hydrogens is 404 g/mol. The molecule has 2 aliphatic heterocycles. The molecule has 0 radical (unpaired) electrons. The zero-order chi connectivity index (χ0) is 20.6. The number of benzene rings is 2. The van der Waals surface area contributed by atoms with E-state index in [-0.39, 0.29) is 10.7 Å². The van der Waals surface area contributed by atoms with Gasteiger partial charge < -0.3 is 15.0 Å². The first kappa shape index (κ1) is 20.6. The highest BCUT2D eigenvalue weighted by atomic mass is 35.5. The minimum Gasteiger partial charge on any atom is -0.490 e. The summed E-state index contributed by atoms with van der Waals surface area (Å²) in [5.41, 5.74) is 1.55. The van der Waals surface area contributed by atoms with Crippen molar-refractivity contribution in [3.05, 3.63) is 53.1 Å². The maximum Gasteiger partial charge on any atom is 0.236 e. The van der Waals surface area contributed by atoms with Crippen LogP contribution in [-0.2, 0) is 9.54 Å². The molecule has 1 unspecified atom stereocenters. The van der Waals surface area contributed by atoms with Crippen molar-refractivity contribution in [1.82, 2.24) is 5.32 Å². The van der Waals surface area contributed by atoms with Gasteiger partial charge in [0.15, 0.2) is 0 Å². The van der Waals surface area contributed by atoms with Crippen molar-refractivity contribution in [3.63, 3.8) is 0 Å². The largest absolute Gasteiger partial charge is 0.490 e. The van der Waals surface area contributed by atoms with Crippen molar-refractivity contribution >= 4 is 35.0 Å². The number of nitrogens with zero attached hydrogens (tertiary/aromatic N) is 1. The number of ether oxygens (including phenoxy) is 1. The number of anilines is 1. The molecule has 1 atom stereocenters. The second-order valence-electron chi connectivity index (χ2n) is 8.38. The molecule has 0 spiro atoms. The molecule has 0 aromatic heterocycles. The van der Waals surface area contributed by atoms with Crippen LogP contribution < -0.4 is 15.0 Å². The van der Waals surface area contributed by atoms with Crippen LogP contribution in [-0.4, -0.2) is 32.1 Å². The van der Waals surface area contributed by atoms with Crippen molar-refractivity contribution < 1.29 is 9.53 Å². The number of halogens is 1. The van der Waals surface area contributed by atoms with Crippen LogP contribution in [0.2, 0.25) is 5.02 Å². The summed E-state index contributed by atoms with van der Waals surface area (Å²) in [6.07, 6.45) is 1.03. The van der Waals surface area contributed by atoms with Gasteiger partial charge in [-0.2, -0.15) is 0 Å². The van der Waals surface area contributed by atoms with E-state index in [4.69, 9.17) is 16.3 Å². The van der Waals surface area contributed by atoms with Crippen molar-refractivity contribution in [2.24, 2.45) is 5.41 Å². The number of carbonyl (C=O) groups is 1. The van der Waals surface area contributed by atoms with E-state index in [9.17, 15) is 4.79 Å². The highest BCUT2D eigenvalue weighted by Gasteiger charge is 2.40. The Balaban J connectivity index is 1.72. The van der Waals surface area contributed by atoms with Crippen LogP contribution in [0, 0.1) is 5.41 Å². The number of hydrogen-bond donors (Lipinski definition) is 1. The summed E-state index contributed by atoms with van der Waals surface area (Å²) in [5, 5.41) is 4.27. The van der Waals surface area contributed by atoms with Gasteiger partial charge in [0, 0.05) is 23.0 Å². The van der Waals surface area contributed by atoms with Gasteiger partial charge in [-0.25, -0.2) is 0 Å². The summed E-state index contributed by atoms with van der Waals surface area (Å²) >= 11 is 7.93. The Morgan fingerprint density at radius 1 is 1.21 bits per heavy atom. The van der Waals surface area contributed by atoms with Gasteiger partial charge in [0.25, 0.3) is 0 Å². The van der Waals surface area contributed by atoms with Crippen LogP contribution in [0.5, 0.6) is 5.75 Å². The molecule has 1 saturated heterocycles. The Morgan fingerprint density at radius 2 is 1.97 bits per heavy atom. The molecule has 0 bridgehead atoms. The van der Waals surface area contributed by atoms with Crippen molar-refractivity contribution in [2.75, 3.05) is 31.1 Å². The van der Waals surface area contributed by atoms with Gasteiger partial charge in [-0.3, -0.25) is 4.79 Å². The topological polar surface area (TPSA) is 41.6 Å². The molecule has 4 nitrogen and oxygen atoms in total. The summed E-state index contributed by atoms with van der Waals surface area (Å²) in [5.74, 6) is 0.908. The van der Waals surface area contributed by atoms with Gasteiger partial charge in [-0.1, -0.05) is 17.7 Å². The summed E-state index contributed by atoms with van der Waals surface area (Å²) in [6, 6.07) is 14.4. The van der Waals surface area contributed by atoms with E-state index in [1.54, 1.807) is 0 Å². The number of nitrogens with one attached hydrogen (secondary N) is 1. The first-order valence-electron chi connectivity index (χ1n) is 10.1. The first-order valence-corrected chi connectivity index (χ1v) is 11.3. The van der Waals surface area contributed by atoms with Gasteiger partial charge in [-0.15, -0.1) is 11.8 Å². The van der Waals surface area contributed by atoms with Crippen molar-refractivity contribution in [2.45, 2.75) is 36.8 Å². The molecular formula is C23H27ClN2O2S. The number of thioether (sulfide) groups is 1. The van der Waals surface area contributed by atoms with E-state index >= 15 is 0 Å². The Labute approximate surface area is 182 Å². The Hall–Kier alpha value is -1.69. The van der Waals surface area contributed by atoms with Gasteiger partial charge in [0.2, 0.25) is 5.91 Å². The summed E-state index contributed by atoms with van der Waals surface area (Å²) in [7, 11) is 0. The maximum absolute atomic E-state index is 13.0. The lowest BCUT2D eigenvalue weighted by molar-refractivity contribution is -0.127. The van der Waals surface area contributed by atoms with E-state index in [0.717, 1.165) is 36.0 Å². The Bertz CT molecular complexity index is 908. The second-order valence-corrected chi connectivity index (χ2v) is 10.3. The average molecular weight is 431 g/mol. The fraction of sp³-hybridized carbons (Fsp3) is 0.435. The van der Waals surface area contributed by atoms with E-state index in [1.165, 1.54) is 10.5 Å². The van der Waals surface area contributed by atoms with Crippen LogP contribution in [0.25, 0.3) is 0 Å². The first-order chi connectivity index (χ1) is 13.8. The number of carbonyl (C=O) groups excluding carboxylic acids is 1. The molecule has 1 amide bonds. The summed E-state index contributed by atoms with van der Waals surface area (Å²) < 4.78 is 6.09. The average Bonchev–Trinajstić information content (AvgIpc) is 3.15. The molecule has 29 heavy (non-hydrogen) atoms. The highest BCUT2D eigenvalue weighted by Crippen LogP contribution is 2.48. The van der Waals surface area contributed by atoms with Crippen molar-refractivity contribution in [1.29, 1.82) is 0 Å². The fourth-order valence-electron chi connectivity index (χ4n) is 4.03. The number of fused-ring (bicyclic) bond motifs is 1. The summed E-state index contributed by atoms with van der Waals surface area (Å²) in [4.78, 5) is 16.0. The third-order valence-corrected chi connectivity index (χ3v) is 7.48. The van der Waals surface area contributed by atoms with E-state index in [2.05, 4.69) is 35.6 Å². The summed E-state index contributed by atoms with van der Waals surface area (Å²) in [6.45, 7) is 8.79. The molecule has 6 heteroatoms. The molecule has 154 valence electrons. The molecule has 2 heterocycles. The standard InChI is InChI=1S/C23H27ClN2O2S/c1-4-26-19-10-5-16(13-20(19)28-15-22(2,3)21(26)27)23(11-12-25-14-23)29-18-8-6-17(24)7-9-18/h5-10,13,25H,4,11-12,14-15H2,1-3H3. The molecule has 0 aliphatic carbocycles. The minimum absolute atomic E-state index is 0.0743. The molecule has 2 aromatic carbocycles. The lowest BCUT2D eigenvalue weighted by Crippen LogP contribution is -2.42. The number of amides is 1. The smallest absolute Gasteiger partial charge is 0.236 e. The molecule has 4 rings (SSSR count). The van der Waals surface area contributed by atoms with Crippen LogP contribution in [0.1, 0.15) is 32.8 Å². The monoisotopic (exact) mass is 430 g/mol. The van der Waals surface area contributed by atoms with E-state index in [0.29, 0.717) is 13.2 Å². The lowest BCUT2D eigenvalue weighted by Gasteiger charge is -2.30. The Morgan fingerprint density at radius 3 is 2.62 bits per heavy atom. The quantitative estimate of drug-likeness (QED) is 0.733. The molecule has 2 aromatic rings. The minimum atomic E-state index is -0.542. The normalized spacial score (nSPS) is 23.4. The zero-order valence-corrected chi connectivity index (χ0v) is 18.7. The SMILES string of the molecule is CCN1C(=O)C(C)(C)COc2cc(C3(Sc4ccc(Cl)cc4)CCNC3)ccc21. The van der Waals surface area contributed by atoms with Crippen molar-refractivity contribution in [3.8, 4) is 5.75 Å². The fourth-order valence-corrected chi connectivity index (χ4v) is 5.51. The van der Waals surface area contributed by atoms with Crippen LogP contribution in [0.15, 0.2) is 47.4 Å².